The summed E-state index contributed by atoms with van der Waals surface area (Å²) in [7, 11) is 0. The molecule has 1 aliphatic heterocycles. The van der Waals surface area contributed by atoms with Crippen molar-refractivity contribution in [2.75, 3.05) is 26.2 Å². The number of rotatable bonds is 3. The van der Waals surface area contributed by atoms with Gasteiger partial charge in [0.05, 0.1) is 10.5 Å². The van der Waals surface area contributed by atoms with Gasteiger partial charge in [-0.1, -0.05) is 11.6 Å². The van der Waals surface area contributed by atoms with Crippen LogP contribution in [-0.2, 0) is 6.54 Å². The second kappa shape index (κ2) is 6.51. The van der Waals surface area contributed by atoms with E-state index in [-0.39, 0.29) is 5.91 Å². The molecule has 0 radical (unpaired) electrons. The van der Waals surface area contributed by atoms with Crippen molar-refractivity contribution < 1.29 is 4.79 Å². The van der Waals surface area contributed by atoms with Crippen LogP contribution >= 0.6 is 22.9 Å². The lowest BCUT2D eigenvalue weighted by atomic mass is 10.2. The summed E-state index contributed by atoms with van der Waals surface area (Å²) in [6, 6.07) is 3.99. The van der Waals surface area contributed by atoms with Gasteiger partial charge in [0.2, 0.25) is 0 Å². The summed E-state index contributed by atoms with van der Waals surface area (Å²) in [6.07, 6.45) is 4.63. The molecule has 0 aromatic carbocycles. The predicted molar refractivity (Wildman–Crippen MR) is 82.5 cm³/mol. The minimum atomic E-state index is -0.0399. The van der Waals surface area contributed by atoms with Crippen LogP contribution in [0, 0.1) is 0 Å². The van der Waals surface area contributed by atoms with Gasteiger partial charge in [-0.3, -0.25) is 14.7 Å². The first-order chi connectivity index (χ1) is 10.2. The van der Waals surface area contributed by atoms with E-state index in [0.29, 0.717) is 18.8 Å². The molecule has 21 heavy (non-hydrogen) atoms. The summed E-state index contributed by atoms with van der Waals surface area (Å²) < 4.78 is 0.821. The molecule has 1 amide bonds. The Labute approximate surface area is 132 Å². The Hall–Kier alpha value is -1.50. The first kappa shape index (κ1) is 14.4. The van der Waals surface area contributed by atoms with Crippen molar-refractivity contribution >= 4 is 28.8 Å². The molecular formula is C14H15ClN4OS. The summed E-state index contributed by atoms with van der Waals surface area (Å²) in [5.41, 5.74) is 0.413. The molecule has 2 aromatic heterocycles. The Bertz CT molecular complexity index is 610. The maximum Gasteiger partial charge on any atom is 0.274 e. The normalized spacial score (nSPS) is 16.1. The van der Waals surface area contributed by atoms with Crippen LogP contribution < -0.4 is 0 Å². The molecule has 0 bridgehead atoms. The Morgan fingerprint density at radius 1 is 1.24 bits per heavy atom. The molecule has 0 spiro atoms. The molecule has 110 valence electrons. The van der Waals surface area contributed by atoms with Gasteiger partial charge in [0.1, 0.15) is 5.69 Å². The topological polar surface area (TPSA) is 49.3 Å². The van der Waals surface area contributed by atoms with Crippen LogP contribution in [0.3, 0.4) is 0 Å². The smallest absolute Gasteiger partial charge is 0.274 e. The number of piperazine rings is 1. The quantitative estimate of drug-likeness (QED) is 0.869. The predicted octanol–water partition coefficient (Wildman–Crippen LogP) is 2.15. The van der Waals surface area contributed by atoms with Gasteiger partial charge in [-0.15, -0.1) is 11.3 Å². The molecule has 3 heterocycles. The molecule has 1 aliphatic rings. The largest absolute Gasteiger partial charge is 0.335 e. The van der Waals surface area contributed by atoms with Gasteiger partial charge in [0.15, 0.2) is 0 Å². The van der Waals surface area contributed by atoms with E-state index in [1.54, 1.807) is 23.7 Å². The Morgan fingerprint density at radius 2 is 2.05 bits per heavy atom. The molecular weight excluding hydrogens is 308 g/mol. The van der Waals surface area contributed by atoms with Gasteiger partial charge in [0.25, 0.3) is 5.91 Å². The summed E-state index contributed by atoms with van der Waals surface area (Å²) in [4.78, 5) is 25.7. The van der Waals surface area contributed by atoms with Crippen LogP contribution in [0.4, 0.5) is 0 Å². The van der Waals surface area contributed by atoms with Crippen molar-refractivity contribution in [1.29, 1.82) is 0 Å². The van der Waals surface area contributed by atoms with Crippen molar-refractivity contribution in [2.24, 2.45) is 0 Å². The van der Waals surface area contributed by atoms with Gasteiger partial charge in [-0.2, -0.15) is 0 Å². The molecule has 0 saturated carbocycles. The molecule has 1 fully saturated rings. The fraction of sp³-hybridized carbons (Fsp3) is 0.357. The van der Waals surface area contributed by atoms with Gasteiger partial charge in [-0.05, 0) is 12.1 Å². The molecule has 0 aliphatic carbocycles. The van der Waals surface area contributed by atoms with E-state index in [2.05, 4.69) is 20.9 Å². The van der Waals surface area contributed by atoms with Crippen molar-refractivity contribution in [3.05, 3.63) is 45.6 Å². The number of aromatic nitrogens is 2. The highest BCUT2D eigenvalue weighted by molar-refractivity contribution is 7.16. The van der Waals surface area contributed by atoms with Crippen LogP contribution in [0.1, 0.15) is 15.4 Å². The highest BCUT2D eigenvalue weighted by atomic mass is 35.5. The van der Waals surface area contributed by atoms with Crippen molar-refractivity contribution in [3.8, 4) is 0 Å². The number of amides is 1. The number of nitrogens with zero attached hydrogens (tertiary/aromatic N) is 4. The van der Waals surface area contributed by atoms with Crippen molar-refractivity contribution in [1.82, 2.24) is 19.8 Å². The average Bonchev–Trinajstić information content (AvgIpc) is 2.93. The summed E-state index contributed by atoms with van der Waals surface area (Å²) in [6.45, 7) is 4.05. The summed E-state index contributed by atoms with van der Waals surface area (Å²) >= 11 is 7.56. The fourth-order valence-electron chi connectivity index (χ4n) is 2.34. The van der Waals surface area contributed by atoms with Crippen LogP contribution in [0.25, 0.3) is 0 Å². The minimum Gasteiger partial charge on any atom is -0.335 e. The SMILES string of the molecule is O=C(c1cnccn1)N1CCN(Cc2ccc(Cl)s2)CC1. The standard InChI is InChI=1S/C14H15ClN4OS/c15-13-2-1-11(21-13)10-18-5-7-19(8-6-18)14(20)12-9-16-3-4-17-12/h1-4,9H,5-8,10H2. The van der Waals surface area contributed by atoms with Crippen LogP contribution in [-0.4, -0.2) is 51.9 Å². The van der Waals surface area contributed by atoms with Crippen molar-refractivity contribution in [2.45, 2.75) is 6.54 Å². The number of hydrogen-bond acceptors (Lipinski definition) is 5. The van der Waals surface area contributed by atoms with Gasteiger partial charge in [0, 0.05) is 50.0 Å². The third-order valence-corrected chi connectivity index (χ3v) is 4.67. The number of carbonyl (C=O) groups is 1. The molecule has 1 saturated heterocycles. The number of thiophene rings is 1. The highest BCUT2D eigenvalue weighted by Gasteiger charge is 2.23. The third-order valence-electron chi connectivity index (χ3n) is 3.45. The Balaban J connectivity index is 1.54. The number of carbonyl (C=O) groups excluding carboxylic acids is 1. The van der Waals surface area contributed by atoms with Gasteiger partial charge in [-0.25, -0.2) is 4.98 Å². The van der Waals surface area contributed by atoms with Gasteiger partial charge < -0.3 is 4.90 Å². The van der Waals surface area contributed by atoms with E-state index in [4.69, 9.17) is 11.6 Å². The highest BCUT2D eigenvalue weighted by Crippen LogP contribution is 2.23. The maximum absolute atomic E-state index is 12.3. The molecule has 3 rings (SSSR count). The first-order valence-corrected chi connectivity index (χ1v) is 7.94. The zero-order valence-corrected chi connectivity index (χ0v) is 13.0. The van der Waals surface area contributed by atoms with E-state index in [1.165, 1.54) is 11.1 Å². The summed E-state index contributed by atoms with van der Waals surface area (Å²) in [5, 5.41) is 0. The molecule has 0 N–H and O–H groups in total. The van der Waals surface area contributed by atoms with Crippen molar-refractivity contribution in [3.63, 3.8) is 0 Å². The van der Waals surface area contributed by atoms with E-state index < -0.39 is 0 Å². The van der Waals surface area contributed by atoms with E-state index in [1.807, 2.05) is 11.0 Å². The molecule has 7 heteroatoms. The lowest BCUT2D eigenvalue weighted by Gasteiger charge is -2.34. The van der Waals surface area contributed by atoms with Crippen LogP contribution in [0.5, 0.6) is 0 Å². The maximum atomic E-state index is 12.3. The Kier molecular flexibility index (Phi) is 4.48. The zero-order valence-electron chi connectivity index (χ0n) is 11.4. The van der Waals surface area contributed by atoms with E-state index in [9.17, 15) is 4.79 Å². The molecule has 0 unspecified atom stereocenters. The third kappa shape index (κ3) is 3.58. The number of hydrogen-bond donors (Lipinski definition) is 0. The second-order valence-electron chi connectivity index (χ2n) is 4.86. The van der Waals surface area contributed by atoms with E-state index >= 15 is 0 Å². The minimum absolute atomic E-state index is 0.0399. The second-order valence-corrected chi connectivity index (χ2v) is 6.66. The van der Waals surface area contributed by atoms with Gasteiger partial charge >= 0.3 is 0 Å². The average molecular weight is 323 g/mol. The number of halogens is 1. The van der Waals surface area contributed by atoms with Crippen LogP contribution in [0.2, 0.25) is 4.34 Å². The molecule has 5 nitrogen and oxygen atoms in total. The first-order valence-electron chi connectivity index (χ1n) is 6.74. The lowest BCUT2D eigenvalue weighted by molar-refractivity contribution is 0.0623. The zero-order chi connectivity index (χ0) is 14.7. The Morgan fingerprint density at radius 3 is 2.67 bits per heavy atom. The summed E-state index contributed by atoms with van der Waals surface area (Å²) in [5.74, 6) is -0.0399. The molecule has 0 atom stereocenters. The fourth-order valence-corrected chi connectivity index (χ4v) is 3.47. The van der Waals surface area contributed by atoms with E-state index in [0.717, 1.165) is 24.0 Å². The molecule has 2 aromatic rings. The monoisotopic (exact) mass is 322 g/mol. The lowest BCUT2D eigenvalue weighted by Crippen LogP contribution is -2.48. The van der Waals surface area contributed by atoms with Crippen LogP contribution in [0.15, 0.2) is 30.7 Å².